The normalized spacial score (nSPS) is 11.1. The van der Waals surface area contributed by atoms with Gasteiger partial charge in [-0.1, -0.05) is 47.5 Å². The number of nitrogens with zero attached hydrogens (tertiary/aromatic N) is 4. The fourth-order valence-electron chi connectivity index (χ4n) is 3.11. The number of halogens is 2. The van der Waals surface area contributed by atoms with Gasteiger partial charge in [0.1, 0.15) is 0 Å². The average Bonchev–Trinajstić information content (AvgIpc) is 3.40. The van der Waals surface area contributed by atoms with Crippen molar-refractivity contribution >= 4 is 46.1 Å². The third-order valence-corrected chi connectivity index (χ3v) is 6.05. The predicted octanol–water partition coefficient (Wildman–Crippen LogP) is 5.96. The predicted molar refractivity (Wildman–Crippen MR) is 121 cm³/mol. The summed E-state index contributed by atoms with van der Waals surface area (Å²) in [6.45, 7) is 3.94. The SMILES string of the molecule is CC(C)N(C(=O)c1ccc(Cl)cc1Cl)c1csc(-c2ccc(-c3nn[nH]n3)cc2)c1. The van der Waals surface area contributed by atoms with E-state index in [9.17, 15) is 4.79 Å². The van der Waals surface area contributed by atoms with Crippen LogP contribution in [0.25, 0.3) is 21.8 Å². The van der Waals surface area contributed by atoms with Gasteiger partial charge in [0.25, 0.3) is 5.91 Å². The van der Waals surface area contributed by atoms with Crippen molar-refractivity contribution < 1.29 is 4.79 Å². The van der Waals surface area contributed by atoms with Crippen LogP contribution in [0.5, 0.6) is 0 Å². The molecule has 4 rings (SSSR count). The first-order chi connectivity index (χ1) is 14.4. The van der Waals surface area contributed by atoms with Crippen molar-refractivity contribution in [2.45, 2.75) is 19.9 Å². The van der Waals surface area contributed by atoms with Crippen LogP contribution < -0.4 is 4.90 Å². The maximum Gasteiger partial charge on any atom is 0.260 e. The van der Waals surface area contributed by atoms with E-state index in [1.807, 2.05) is 49.6 Å². The van der Waals surface area contributed by atoms with Gasteiger partial charge in [0.15, 0.2) is 0 Å². The lowest BCUT2D eigenvalue weighted by Gasteiger charge is -2.26. The molecule has 9 heteroatoms. The Morgan fingerprint density at radius 1 is 1.07 bits per heavy atom. The molecule has 0 aliphatic heterocycles. The van der Waals surface area contributed by atoms with Gasteiger partial charge in [0.2, 0.25) is 5.82 Å². The van der Waals surface area contributed by atoms with Crippen molar-refractivity contribution in [3.63, 3.8) is 0 Å². The highest BCUT2D eigenvalue weighted by atomic mass is 35.5. The van der Waals surface area contributed by atoms with Crippen LogP contribution in [0, 0.1) is 0 Å². The molecule has 0 spiro atoms. The second-order valence-corrected chi connectivity index (χ2v) is 8.63. The van der Waals surface area contributed by atoms with Crippen LogP contribution in [0.1, 0.15) is 24.2 Å². The number of hydrogen-bond acceptors (Lipinski definition) is 5. The number of anilines is 1. The minimum absolute atomic E-state index is 0.0488. The van der Waals surface area contributed by atoms with Gasteiger partial charge in [-0.05, 0) is 48.9 Å². The molecule has 0 bridgehead atoms. The van der Waals surface area contributed by atoms with Crippen molar-refractivity contribution in [2.24, 2.45) is 0 Å². The van der Waals surface area contributed by atoms with E-state index in [0.29, 0.717) is 21.4 Å². The molecule has 2 aromatic heterocycles. The van der Waals surface area contributed by atoms with Crippen molar-refractivity contribution in [1.82, 2.24) is 20.6 Å². The topological polar surface area (TPSA) is 74.8 Å². The van der Waals surface area contributed by atoms with Crippen LogP contribution in [0.3, 0.4) is 0 Å². The first-order valence-electron chi connectivity index (χ1n) is 9.15. The lowest BCUT2D eigenvalue weighted by molar-refractivity contribution is 0.0980. The van der Waals surface area contributed by atoms with E-state index in [0.717, 1.165) is 21.7 Å². The molecule has 0 saturated heterocycles. The van der Waals surface area contributed by atoms with Crippen molar-refractivity contribution in [3.05, 3.63) is 69.5 Å². The van der Waals surface area contributed by atoms with E-state index in [-0.39, 0.29) is 11.9 Å². The van der Waals surface area contributed by atoms with Crippen LogP contribution >= 0.6 is 34.5 Å². The maximum atomic E-state index is 13.2. The third-order valence-electron chi connectivity index (χ3n) is 4.53. The Kier molecular flexibility index (Phi) is 5.85. The molecule has 1 N–H and O–H groups in total. The van der Waals surface area contributed by atoms with Gasteiger partial charge in [-0.25, -0.2) is 0 Å². The van der Waals surface area contributed by atoms with Crippen molar-refractivity contribution in [3.8, 4) is 21.8 Å². The smallest absolute Gasteiger partial charge is 0.260 e. The Labute approximate surface area is 187 Å². The Morgan fingerprint density at radius 2 is 1.80 bits per heavy atom. The number of tetrazole rings is 1. The highest BCUT2D eigenvalue weighted by Gasteiger charge is 2.24. The van der Waals surface area contributed by atoms with Crippen molar-refractivity contribution in [1.29, 1.82) is 0 Å². The molecular formula is C21H17Cl2N5OS. The standard InChI is InChI=1S/C21H17Cl2N5OS/c1-12(2)28(21(29)17-8-7-15(22)9-18(17)23)16-10-19(30-11-16)13-3-5-14(6-4-13)20-24-26-27-25-20/h3-12H,1-2H3,(H,24,25,26,27). The lowest BCUT2D eigenvalue weighted by Crippen LogP contribution is -2.36. The quantitative estimate of drug-likeness (QED) is 0.401. The lowest BCUT2D eigenvalue weighted by atomic mass is 10.1. The van der Waals surface area contributed by atoms with Crippen LogP contribution in [0.15, 0.2) is 53.9 Å². The zero-order chi connectivity index (χ0) is 21.3. The molecule has 0 aliphatic carbocycles. The Balaban J connectivity index is 1.62. The molecule has 0 radical (unpaired) electrons. The Morgan fingerprint density at radius 3 is 2.43 bits per heavy atom. The summed E-state index contributed by atoms with van der Waals surface area (Å²) in [6, 6.07) is 14.8. The summed E-state index contributed by atoms with van der Waals surface area (Å²) in [5.74, 6) is 0.383. The number of H-pyrrole nitrogens is 1. The van der Waals surface area contributed by atoms with Gasteiger partial charge in [-0.15, -0.1) is 21.5 Å². The third kappa shape index (κ3) is 4.09. The second kappa shape index (κ2) is 8.55. The second-order valence-electron chi connectivity index (χ2n) is 6.87. The van der Waals surface area contributed by atoms with Gasteiger partial charge >= 0.3 is 0 Å². The molecule has 1 amide bonds. The van der Waals surface area contributed by atoms with Gasteiger partial charge in [0.05, 0.1) is 16.3 Å². The summed E-state index contributed by atoms with van der Waals surface area (Å²) < 4.78 is 0. The Bertz CT molecular complexity index is 1170. The maximum absolute atomic E-state index is 13.2. The van der Waals surface area contributed by atoms with Gasteiger partial charge < -0.3 is 4.90 Å². The molecule has 0 saturated carbocycles. The molecule has 0 aliphatic rings. The first-order valence-corrected chi connectivity index (χ1v) is 10.8. The van der Waals surface area contributed by atoms with Crippen molar-refractivity contribution in [2.75, 3.05) is 4.90 Å². The summed E-state index contributed by atoms with van der Waals surface area (Å²) in [4.78, 5) is 16.0. The molecule has 30 heavy (non-hydrogen) atoms. The van der Waals surface area contributed by atoms with Gasteiger partial charge in [0, 0.05) is 26.9 Å². The zero-order valence-corrected chi connectivity index (χ0v) is 18.5. The zero-order valence-electron chi connectivity index (χ0n) is 16.1. The molecule has 6 nitrogen and oxygen atoms in total. The minimum atomic E-state index is -0.163. The number of benzene rings is 2. The molecule has 4 aromatic rings. The summed E-state index contributed by atoms with van der Waals surface area (Å²) in [5, 5.41) is 16.8. The Hall–Kier alpha value is -2.74. The molecule has 2 aromatic carbocycles. The highest BCUT2D eigenvalue weighted by Crippen LogP contribution is 2.35. The summed E-state index contributed by atoms with van der Waals surface area (Å²) in [6.07, 6.45) is 0. The average molecular weight is 458 g/mol. The number of rotatable bonds is 5. The number of carbonyl (C=O) groups excluding carboxylic acids is 1. The fraction of sp³-hybridized carbons (Fsp3) is 0.143. The summed E-state index contributed by atoms with van der Waals surface area (Å²) in [7, 11) is 0. The minimum Gasteiger partial charge on any atom is -0.305 e. The number of aromatic amines is 1. The van der Waals surface area contributed by atoms with Crippen LogP contribution in [-0.4, -0.2) is 32.6 Å². The molecule has 152 valence electrons. The van der Waals surface area contributed by atoms with E-state index in [2.05, 4.69) is 20.6 Å². The fourth-order valence-corrected chi connectivity index (χ4v) is 4.49. The van der Waals surface area contributed by atoms with E-state index >= 15 is 0 Å². The van der Waals surface area contributed by atoms with Crippen LogP contribution in [0.4, 0.5) is 5.69 Å². The van der Waals surface area contributed by atoms with Gasteiger partial charge in [-0.2, -0.15) is 5.21 Å². The van der Waals surface area contributed by atoms with Crippen LogP contribution in [-0.2, 0) is 0 Å². The number of aromatic nitrogens is 4. The molecule has 0 unspecified atom stereocenters. The molecule has 0 fully saturated rings. The number of thiophene rings is 1. The summed E-state index contributed by atoms with van der Waals surface area (Å²) in [5.41, 5.74) is 3.16. The van der Waals surface area contributed by atoms with E-state index in [1.54, 1.807) is 34.4 Å². The summed E-state index contributed by atoms with van der Waals surface area (Å²) >= 11 is 13.8. The largest absolute Gasteiger partial charge is 0.305 e. The van der Waals surface area contributed by atoms with Gasteiger partial charge in [-0.3, -0.25) is 4.79 Å². The molecular weight excluding hydrogens is 441 g/mol. The monoisotopic (exact) mass is 457 g/mol. The number of nitrogens with one attached hydrogen (secondary N) is 1. The van der Waals surface area contributed by atoms with E-state index in [4.69, 9.17) is 23.2 Å². The van der Waals surface area contributed by atoms with E-state index < -0.39 is 0 Å². The number of carbonyl (C=O) groups is 1. The molecule has 2 heterocycles. The first kappa shape index (κ1) is 20.5. The number of hydrogen-bond donors (Lipinski definition) is 1. The highest BCUT2D eigenvalue weighted by molar-refractivity contribution is 7.14. The molecule has 0 atom stereocenters. The number of amides is 1. The van der Waals surface area contributed by atoms with Crippen LogP contribution in [0.2, 0.25) is 10.0 Å². The van der Waals surface area contributed by atoms with E-state index in [1.165, 1.54) is 0 Å².